The summed E-state index contributed by atoms with van der Waals surface area (Å²) in [4.78, 5) is 16.7. The molecule has 116 valence electrons. The molecule has 0 amide bonds. The van der Waals surface area contributed by atoms with Crippen molar-refractivity contribution in [3.63, 3.8) is 0 Å². The zero-order chi connectivity index (χ0) is 16.2. The van der Waals surface area contributed by atoms with Crippen molar-refractivity contribution in [3.8, 4) is 11.5 Å². The Labute approximate surface area is 138 Å². The van der Waals surface area contributed by atoms with Crippen LogP contribution in [-0.2, 0) is 0 Å². The molecule has 0 saturated carbocycles. The molecule has 1 aromatic heterocycles. The van der Waals surface area contributed by atoms with Crippen LogP contribution in [0.3, 0.4) is 0 Å². The van der Waals surface area contributed by atoms with Crippen LogP contribution in [0.15, 0.2) is 48.5 Å². The van der Waals surface area contributed by atoms with Gasteiger partial charge in [-0.25, -0.2) is 4.98 Å². The summed E-state index contributed by atoms with van der Waals surface area (Å²) in [5.74, 6) is 1.10. The summed E-state index contributed by atoms with van der Waals surface area (Å²) in [6.07, 6.45) is 3.23. The summed E-state index contributed by atoms with van der Waals surface area (Å²) in [5.41, 5.74) is 1.62. The molecule has 0 unspecified atom stereocenters. The molecule has 0 aliphatic carbocycles. The molecule has 3 rings (SSSR count). The first-order valence-electron chi connectivity index (χ1n) is 7.02. The van der Waals surface area contributed by atoms with E-state index in [2.05, 4.69) is 4.98 Å². The van der Waals surface area contributed by atoms with Gasteiger partial charge in [0.15, 0.2) is 16.5 Å². The minimum Gasteiger partial charge on any atom is -0.493 e. The number of para-hydroxylation sites is 2. The standard InChI is InChI=1S/C18H15NO3S/c1-21-15-8-5-6-12(17(15)22-2)10-11-14(20)18-19-13-7-3-4-9-16(13)23-18/h3-11H,1-2H3/b11-10+. The summed E-state index contributed by atoms with van der Waals surface area (Å²) in [6, 6.07) is 13.2. The molecule has 4 nitrogen and oxygen atoms in total. The Bertz CT molecular complexity index is 850. The molecular formula is C18H15NO3S. The van der Waals surface area contributed by atoms with Crippen molar-refractivity contribution < 1.29 is 14.3 Å². The Hall–Kier alpha value is -2.66. The predicted molar refractivity (Wildman–Crippen MR) is 92.5 cm³/mol. The fourth-order valence-electron chi connectivity index (χ4n) is 2.26. The van der Waals surface area contributed by atoms with Crippen LogP contribution in [0.25, 0.3) is 16.3 Å². The van der Waals surface area contributed by atoms with Gasteiger partial charge in [-0.1, -0.05) is 24.3 Å². The second-order valence-electron chi connectivity index (χ2n) is 4.77. The molecule has 1 heterocycles. The van der Waals surface area contributed by atoms with Gasteiger partial charge >= 0.3 is 0 Å². The largest absolute Gasteiger partial charge is 0.493 e. The van der Waals surface area contributed by atoms with E-state index in [0.29, 0.717) is 16.5 Å². The maximum absolute atomic E-state index is 12.3. The molecule has 0 spiro atoms. The number of methoxy groups -OCH3 is 2. The third-order valence-corrected chi connectivity index (χ3v) is 4.40. The van der Waals surface area contributed by atoms with Crippen LogP contribution >= 0.6 is 11.3 Å². The van der Waals surface area contributed by atoms with Crippen LogP contribution in [0.5, 0.6) is 11.5 Å². The van der Waals surface area contributed by atoms with Gasteiger partial charge < -0.3 is 9.47 Å². The fraction of sp³-hybridized carbons (Fsp3) is 0.111. The monoisotopic (exact) mass is 325 g/mol. The van der Waals surface area contributed by atoms with Crippen molar-refractivity contribution in [1.29, 1.82) is 0 Å². The van der Waals surface area contributed by atoms with E-state index in [1.54, 1.807) is 20.3 Å². The first-order chi connectivity index (χ1) is 11.2. The van der Waals surface area contributed by atoms with Crippen molar-refractivity contribution in [2.75, 3.05) is 14.2 Å². The minimum absolute atomic E-state index is 0.129. The number of allylic oxidation sites excluding steroid dienone is 1. The van der Waals surface area contributed by atoms with Gasteiger partial charge in [-0.3, -0.25) is 4.79 Å². The van der Waals surface area contributed by atoms with Gasteiger partial charge in [0.25, 0.3) is 0 Å². The van der Waals surface area contributed by atoms with Crippen molar-refractivity contribution >= 4 is 33.4 Å². The van der Waals surface area contributed by atoms with Crippen LogP contribution < -0.4 is 9.47 Å². The average Bonchev–Trinajstić information content (AvgIpc) is 3.03. The van der Waals surface area contributed by atoms with E-state index in [1.807, 2.05) is 42.5 Å². The second kappa shape index (κ2) is 6.62. The predicted octanol–water partition coefficient (Wildman–Crippen LogP) is 4.21. The van der Waals surface area contributed by atoms with Crippen molar-refractivity contribution in [1.82, 2.24) is 4.98 Å². The zero-order valence-corrected chi connectivity index (χ0v) is 13.6. The Morgan fingerprint density at radius 1 is 1.09 bits per heavy atom. The number of fused-ring (bicyclic) bond motifs is 1. The van der Waals surface area contributed by atoms with Gasteiger partial charge in [0, 0.05) is 5.56 Å². The number of nitrogens with zero attached hydrogens (tertiary/aromatic N) is 1. The van der Waals surface area contributed by atoms with Crippen LogP contribution in [0, 0.1) is 0 Å². The maximum Gasteiger partial charge on any atom is 0.214 e. The summed E-state index contributed by atoms with van der Waals surface area (Å²) >= 11 is 1.39. The van der Waals surface area contributed by atoms with E-state index in [1.165, 1.54) is 17.4 Å². The van der Waals surface area contributed by atoms with Crippen molar-refractivity contribution in [3.05, 3.63) is 59.1 Å². The lowest BCUT2D eigenvalue weighted by Crippen LogP contribution is -1.94. The molecule has 0 aliphatic heterocycles. The Balaban J connectivity index is 1.89. The van der Waals surface area contributed by atoms with Gasteiger partial charge in [0.1, 0.15) is 0 Å². The number of ketones is 1. The number of benzene rings is 2. The molecule has 23 heavy (non-hydrogen) atoms. The van der Waals surface area contributed by atoms with E-state index < -0.39 is 0 Å². The molecule has 0 bridgehead atoms. The molecule has 0 aliphatic rings. The maximum atomic E-state index is 12.3. The fourth-order valence-corrected chi connectivity index (χ4v) is 3.14. The zero-order valence-electron chi connectivity index (χ0n) is 12.8. The van der Waals surface area contributed by atoms with E-state index in [4.69, 9.17) is 9.47 Å². The van der Waals surface area contributed by atoms with E-state index in [9.17, 15) is 4.79 Å². The SMILES string of the molecule is COc1cccc(/C=C/C(=O)c2nc3ccccc3s2)c1OC. The minimum atomic E-state index is -0.129. The normalized spacial score (nSPS) is 11.0. The number of aromatic nitrogens is 1. The molecule has 0 atom stereocenters. The van der Waals surface area contributed by atoms with E-state index >= 15 is 0 Å². The third kappa shape index (κ3) is 3.10. The topological polar surface area (TPSA) is 48.4 Å². The summed E-state index contributed by atoms with van der Waals surface area (Å²) < 4.78 is 11.6. The summed E-state index contributed by atoms with van der Waals surface area (Å²) in [7, 11) is 3.15. The summed E-state index contributed by atoms with van der Waals surface area (Å²) in [6.45, 7) is 0. The number of hydrogen-bond acceptors (Lipinski definition) is 5. The number of carbonyl (C=O) groups is 1. The molecule has 0 radical (unpaired) electrons. The van der Waals surface area contributed by atoms with Gasteiger partial charge in [0.05, 0.1) is 24.4 Å². The van der Waals surface area contributed by atoms with Gasteiger partial charge in [0.2, 0.25) is 5.78 Å². The summed E-state index contributed by atoms with van der Waals surface area (Å²) in [5, 5.41) is 0.476. The first kappa shape index (κ1) is 15.2. The van der Waals surface area contributed by atoms with Gasteiger partial charge in [-0.05, 0) is 30.4 Å². The molecule has 5 heteroatoms. The third-order valence-electron chi connectivity index (χ3n) is 3.35. The highest BCUT2D eigenvalue weighted by Gasteiger charge is 2.11. The van der Waals surface area contributed by atoms with Gasteiger partial charge in [-0.15, -0.1) is 11.3 Å². The second-order valence-corrected chi connectivity index (χ2v) is 5.80. The lowest BCUT2D eigenvalue weighted by atomic mass is 10.1. The van der Waals surface area contributed by atoms with Crippen LogP contribution in [-0.4, -0.2) is 25.0 Å². The Morgan fingerprint density at radius 2 is 1.91 bits per heavy atom. The number of hydrogen-bond donors (Lipinski definition) is 0. The number of thiazole rings is 1. The van der Waals surface area contributed by atoms with E-state index in [0.717, 1.165) is 15.8 Å². The first-order valence-corrected chi connectivity index (χ1v) is 7.83. The van der Waals surface area contributed by atoms with Crippen molar-refractivity contribution in [2.45, 2.75) is 0 Å². The highest BCUT2D eigenvalue weighted by molar-refractivity contribution is 7.20. The van der Waals surface area contributed by atoms with Crippen molar-refractivity contribution in [2.24, 2.45) is 0 Å². The Kier molecular flexibility index (Phi) is 4.39. The Morgan fingerprint density at radius 3 is 2.65 bits per heavy atom. The quantitative estimate of drug-likeness (QED) is 0.521. The molecule has 0 saturated heterocycles. The number of carbonyl (C=O) groups excluding carboxylic acids is 1. The van der Waals surface area contributed by atoms with Crippen LogP contribution in [0.1, 0.15) is 15.4 Å². The van der Waals surface area contributed by atoms with Gasteiger partial charge in [-0.2, -0.15) is 0 Å². The lowest BCUT2D eigenvalue weighted by molar-refractivity contribution is 0.104. The average molecular weight is 325 g/mol. The van der Waals surface area contributed by atoms with E-state index in [-0.39, 0.29) is 5.78 Å². The molecule has 3 aromatic rings. The molecule has 0 N–H and O–H groups in total. The van der Waals surface area contributed by atoms with Crippen LogP contribution in [0.4, 0.5) is 0 Å². The van der Waals surface area contributed by atoms with Crippen LogP contribution in [0.2, 0.25) is 0 Å². The number of rotatable bonds is 5. The highest BCUT2D eigenvalue weighted by Crippen LogP contribution is 2.31. The lowest BCUT2D eigenvalue weighted by Gasteiger charge is -2.09. The molecular weight excluding hydrogens is 310 g/mol. The highest BCUT2D eigenvalue weighted by atomic mass is 32.1. The molecule has 0 fully saturated rings. The smallest absolute Gasteiger partial charge is 0.214 e. The number of ether oxygens (including phenoxy) is 2. The molecule has 2 aromatic carbocycles.